The van der Waals surface area contributed by atoms with Crippen molar-refractivity contribution < 1.29 is 9.59 Å². The first-order valence-electron chi connectivity index (χ1n) is 5.86. The SMILES string of the molecule is CCCC(=O)CN1CC(=O)Nc2ccccc21. The number of amides is 1. The zero-order valence-electron chi connectivity index (χ0n) is 9.90. The summed E-state index contributed by atoms with van der Waals surface area (Å²) in [4.78, 5) is 25.0. The van der Waals surface area contributed by atoms with Gasteiger partial charge in [-0.1, -0.05) is 19.1 Å². The minimum Gasteiger partial charge on any atom is -0.353 e. The van der Waals surface area contributed by atoms with Gasteiger partial charge >= 0.3 is 0 Å². The third kappa shape index (κ3) is 2.64. The summed E-state index contributed by atoms with van der Waals surface area (Å²) in [6.07, 6.45) is 1.42. The van der Waals surface area contributed by atoms with Crippen LogP contribution in [0.5, 0.6) is 0 Å². The van der Waals surface area contributed by atoms with Gasteiger partial charge in [-0.3, -0.25) is 9.59 Å². The molecule has 4 heteroatoms. The molecular formula is C13H16N2O2. The fourth-order valence-electron chi connectivity index (χ4n) is 2.02. The number of ketones is 1. The van der Waals surface area contributed by atoms with E-state index in [1.807, 2.05) is 36.1 Å². The van der Waals surface area contributed by atoms with Crippen molar-refractivity contribution >= 4 is 23.1 Å². The number of fused-ring (bicyclic) bond motifs is 1. The molecule has 2 rings (SSSR count). The molecule has 0 spiro atoms. The van der Waals surface area contributed by atoms with Gasteiger partial charge in [-0.2, -0.15) is 0 Å². The van der Waals surface area contributed by atoms with Crippen LogP contribution in [0.15, 0.2) is 24.3 Å². The number of hydrogen-bond donors (Lipinski definition) is 1. The maximum Gasteiger partial charge on any atom is 0.243 e. The second kappa shape index (κ2) is 4.99. The lowest BCUT2D eigenvalue weighted by Gasteiger charge is -2.30. The first-order valence-corrected chi connectivity index (χ1v) is 5.86. The lowest BCUT2D eigenvalue weighted by Crippen LogP contribution is -2.41. The lowest BCUT2D eigenvalue weighted by atomic mass is 10.1. The van der Waals surface area contributed by atoms with E-state index in [-0.39, 0.29) is 18.2 Å². The van der Waals surface area contributed by atoms with Gasteiger partial charge in [0.05, 0.1) is 24.5 Å². The number of anilines is 2. The third-order valence-electron chi connectivity index (χ3n) is 2.75. The Labute approximate surface area is 101 Å². The monoisotopic (exact) mass is 232 g/mol. The van der Waals surface area contributed by atoms with Gasteiger partial charge in [0.25, 0.3) is 0 Å². The van der Waals surface area contributed by atoms with Gasteiger partial charge in [-0.05, 0) is 18.6 Å². The number of carbonyl (C=O) groups excluding carboxylic acids is 2. The average molecular weight is 232 g/mol. The lowest BCUT2D eigenvalue weighted by molar-refractivity contribution is -0.118. The molecule has 0 aliphatic carbocycles. The molecule has 90 valence electrons. The van der Waals surface area contributed by atoms with E-state index in [1.165, 1.54) is 0 Å². The molecule has 0 saturated heterocycles. The minimum atomic E-state index is -0.0620. The van der Waals surface area contributed by atoms with Gasteiger partial charge in [0, 0.05) is 6.42 Å². The molecule has 17 heavy (non-hydrogen) atoms. The van der Waals surface area contributed by atoms with Crippen LogP contribution in [0.2, 0.25) is 0 Å². The van der Waals surface area contributed by atoms with Gasteiger partial charge < -0.3 is 10.2 Å². The summed E-state index contributed by atoms with van der Waals surface area (Å²) in [5.74, 6) is 0.116. The van der Waals surface area contributed by atoms with Gasteiger partial charge in [0.2, 0.25) is 5.91 Å². The normalized spacial score (nSPS) is 14.2. The number of hydrogen-bond acceptors (Lipinski definition) is 3. The Morgan fingerprint density at radius 3 is 2.94 bits per heavy atom. The molecule has 0 fully saturated rings. The number of para-hydroxylation sites is 2. The van der Waals surface area contributed by atoms with Crippen molar-refractivity contribution in [2.45, 2.75) is 19.8 Å². The van der Waals surface area contributed by atoms with Gasteiger partial charge in [-0.25, -0.2) is 0 Å². The zero-order valence-corrected chi connectivity index (χ0v) is 9.90. The molecule has 1 aliphatic rings. The molecule has 1 aliphatic heterocycles. The van der Waals surface area contributed by atoms with E-state index in [4.69, 9.17) is 0 Å². The smallest absolute Gasteiger partial charge is 0.243 e. The molecule has 0 atom stereocenters. The Kier molecular flexibility index (Phi) is 3.42. The van der Waals surface area contributed by atoms with E-state index < -0.39 is 0 Å². The Bertz CT molecular complexity index is 443. The molecule has 1 aromatic carbocycles. The van der Waals surface area contributed by atoms with Gasteiger partial charge in [0.1, 0.15) is 0 Å². The van der Waals surface area contributed by atoms with E-state index in [2.05, 4.69) is 5.32 Å². The van der Waals surface area contributed by atoms with Crippen LogP contribution in [-0.4, -0.2) is 24.8 Å². The fraction of sp³-hybridized carbons (Fsp3) is 0.385. The largest absolute Gasteiger partial charge is 0.353 e. The van der Waals surface area contributed by atoms with E-state index in [0.29, 0.717) is 13.0 Å². The molecule has 1 N–H and O–H groups in total. The quantitative estimate of drug-likeness (QED) is 0.861. The molecule has 0 radical (unpaired) electrons. The van der Waals surface area contributed by atoms with Crippen LogP contribution >= 0.6 is 0 Å². The van der Waals surface area contributed by atoms with E-state index >= 15 is 0 Å². The van der Waals surface area contributed by atoms with Gasteiger partial charge in [-0.15, -0.1) is 0 Å². The second-order valence-corrected chi connectivity index (χ2v) is 4.21. The van der Waals surface area contributed by atoms with Crippen molar-refractivity contribution in [2.24, 2.45) is 0 Å². The standard InChI is InChI=1S/C13H16N2O2/c1-2-5-10(16)8-15-9-13(17)14-11-6-3-4-7-12(11)15/h3-4,6-7H,2,5,8-9H2,1H3,(H,14,17). The van der Waals surface area contributed by atoms with Crippen molar-refractivity contribution in [3.05, 3.63) is 24.3 Å². The highest BCUT2D eigenvalue weighted by atomic mass is 16.2. The molecule has 0 unspecified atom stereocenters. The first-order chi connectivity index (χ1) is 8.20. The summed E-state index contributed by atoms with van der Waals surface area (Å²) >= 11 is 0. The number of nitrogens with one attached hydrogen (secondary N) is 1. The fourth-order valence-corrected chi connectivity index (χ4v) is 2.02. The van der Waals surface area contributed by atoms with Crippen LogP contribution in [0, 0.1) is 0 Å². The van der Waals surface area contributed by atoms with E-state index in [9.17, 15) is 9.59 Å². The van der Waals surface area contributed by atoms with Crippen LogP contribution in [0.3, 0.4) is 0 Å². The van der Waals surface area contributed by atoms with Crippen LogP contribution < -0.4 is 10.2 Å². The molecule has 0 bridgehead atoms. The zero-order chi connectivity index (χ0) is 12.3. The molecular weight excluding hydrogens is 216 g/mol. The highest BCUT2D eigenvalue weighted by molar-refractivity contribution is 6.02. The average Bonchev–Trinajstić information content (AvgIpc) is 2.29. The number of carbonyl (C=O) groups is 2. The Hall–Kier alpha value is -1.84. The van der Waals surface area contributed by atoms with Crippen LogP contribution in [-0.2, 0) is 9.59 Å². The summed E-state index contributed by atoms with van der Waals surface area (Å²) in [5, 5.41) is 2.80. The molecule has 0 aromatic heterocycles. The maximum atomic E-state index is 11.7. The van der Waals surface area contributed by atoms with Crippen LogP contribution in [0.4, 0.5) is 11.4 Å². The topological polar surface area (TPSA) is 49.4 Å². The number of benzene rings is 1. The second-order valence-electron chi connectivity index (χ2n) is 4.21. The van der Waals surface area contributed by atoms with Crippen LogP contribution in [0.25, 0.3) is 0 Å². The first kappa shape index (κ1) is 11.6. The summed E-state index contributed by atoms with van der Waals surface area (Å²) in [6, 6.07) is 7.56. The molecule has 1 aromatic rings. The maximum absolute atomic E-state index is 11.7. The van der Waals surface area contributed by atoms with E-state index in [0.717, 1.165) is 17.8 Å². The number of Topliss-reactive ketones (excluding diaryl/α,β-unsaturated/α-hetero) is 1. The van der Waals surface area contributed by atoms with E-state index in [1.54, 1.807) is 0 Å². The summed E-state index contributed by atoms with van der Waals surface area (Å²) in [5.41, 5.74) is 1.71. The number of nitrogens with zero attached hydrogens (tertiary/aromatic N) is 1. The molecule has 0 saturated carbocycles. The predicted molar refractivity (Wildman–Crippen MR) is 67.2 cm³/mol. The van der Waals surface area contributed by atoms with Crippen molar-refractivity contribution in [1.29, 1.82) is 0 Å². The Morgan fingerprint density at radius 2 is 2.18 bits per heavy atom. The highest BCUT2D eigenvalue weighted by Crippen LogP contribution is 2.28. The third-order valence-corrected chi connectivity index (χ3v) is 2.75. The predicted octanol–water partition coefficient (Wildman–Crippen LogP) is 1.81. The Morgan fingerprint density at radius 1 is 1.41 bits per heavy atom. The summed E-state index contributed by atoms with van der Waals surface area (Å²) < 4.78 is 0. The summed E-state index contributed by atoms with van der Waals surface area (Å²) in [7, 11) is 0. The van der Waals surface area contributed by atoms with Crippen molar-refractivity contribution in [1.82, 2.24) is 0 Å². The Balaban J connectivity index is 2.18. The summed E-state index contributed by atoms with van der Waals surface area (Å²) in [6.45, 7) is 2.56. The number of rotatable bonds is 4. The van der Waals surface area contributed by atoms with Crippen LogP contribution in [0.1, 0.15) is 19.8 Å². The molecule has 4 nitrogen and oxygen atoms in total. The van der Waals surface area contributed by atoms with Crippen molar-refractivity contribution in [3.8, 4) is 0 Å². The van der Waals surface area contributed by atoms with Gasteiger partial charge in [0.15, 0.2) is 5.78 Å². The van der Waals surface area contributed by atoms with Crippen molar-refractivity contribution in [3.63, 3.8) is 0 Å². The molecule has 1 amide bonds. The minimum absolute atomic E-state index is 0.0620. The van der Waals surface area contributed by atoms with Crippen molar-refractivity contribution in [2.75, 3.05) is 23.3 Å². The molecule has 1 heterocycles. The highest BCUT2D eigenvalue weighted by Gasteiger charge is 2.22.